The lowest BCUT2D eigenvalue weighted by Gasteiger charge is -2.28. The van der Waals surface area contributed by atoms with Gasteiger partial charge in [-0.05, 0) is 56.4 Å². The highest BCUT2D eigenvalue weighted by atomic mass is 32.2. The van der Waals surface area contributed by atoms with Crippen molar-refractivity contribution in [2.45, 2.75) is 43.8 Å². The first-order valence-electron chi connectivity index (χ1n) is 11.0. The van der Waals surface area contributed by atoms with Gasteiger partial charge in [-0.1, -0.05) is 48.2 Å². The number of hydrogen-bond donors (Lipinski definition) is 0. The van der Waals surface area contributed by atoms with Gasteiger partial charge in [0.1, 0.15) is 0 Å². The molecule has 0 bridgehead atoms. The Kier molecular flexibility index (Phi) is 5.68. The zero-order valence-corrected chi connectivity index (χ0v) is 18.6. The van der Waals surface area contributed by atoms with Crippen LogP contribution in [0.3, 0.4) is 0 Å². The number of benzene rings is 2. The molecule has 5 rings (SSSR count). The molecule has 1 aromatic heterocycles. The van der Waals surface area contributed by atoms with Crippen LogP contribution < -0.4 is 9.80 Å². The molecule has 1 fully saturated rings. The second-order valence-corrected chi connectivity index (χ2v) is 9.18. The van der Waals surface area contributed by atoms with Crippen molar-refractivity contribution in [2.75, 3.05) is 28.6 Å². The van der Waals surface area contributed by atoms with E-state index in [-0.39, 0.29) is 11.9 Å². The van der Waals surface area contributed by atoms with Crippen LogP contribution in [0.15, 0.2) is 59.8 Å². The van der Waals surface area contributed by atoms with Gasteiger partial charge in [0.25, 0.3) is 0 Å². The molecule has 160 valence electrons. The molecule has 3 heterocycles. The van der Waals surface area contributed by atoms with E-state index in [1.807, 2.05) is 41.3 Å². The number of piperidine rings is 1. The van der Waals surface area contributed by atoms with Gasteiger partial charge in [0.2, 0.25) is 11.9 Å². The van der Waals surface area contributed by atoms with Crippen LogP contribution in [0.4, 0.5) is 11.6 Å². The first-order chi connectivity index (χ1) is 15.2. The topological polar surface area (TPSA) is 54.3 Å². The van der Waals surface area contributed by atoms with Gasteiger partial charge in [0.15, 0.2) is 5.16 Å². The molecule has 3 aromatic rings. The van der Waals surface area contributed by atoms with E-state index in [0.29, 0.717) is 5.75 Å². The maximum Gasteiger partial charge on any atom is 0.237 e. The van der Waals surface area contributed by atoms with E-state index in [1.165, 1.54) is 36.6 Å². The van der Waals surface area contributed by atoms with Crippen molar-refractivity contribution in [2.24, 2.45) is 0 Å². The summed E-state index contributed by atoms with van der Waals surface area (Å²) in [6.45, 7) is 4.11. The zero-order valence-electron chi connectivity index (χ0n) is 17.8. The fourth-order valence-electron chi connectivity index (χ4n) is 4.60. The highest BCUT2D eigenvalue weighted by Gasteiger charge is 2.31. The molecule has 2 aromatic carbocycles. The van der Waals surface area contributed by atoms with E-state index in [0.717, 1.165) is 42.0 Å². The molecule has 2 aliphatic rings. The number of carbonyl (C=O) groups is 1. The fourth-order valence-corrected chi connectivity index (χ4v) is 5.41. The zero-order chi connectivity index (χ0) is 21.2. The summed E-state index contributed by atoms with van der Waals surface area (Å²) < 4.78 is 2.10. The number of fused-ring (bicyclic) bond motifs is 1. The molecule has 1 atom stereocenters. The molecule has 31 heavy (non-hydrogen) atoms. The van der Waals surface area contributed by atoms with Gasteiger partial charge in [0, 0.05) is 24.8 Å². The molecular formula is C24H27N5OS. The lowest BCUT2D eigenvalue weighted by atomic mass is 10.1. The second-order valence-electron chi connectivity index (χ2n) is 8.24. The van der Waals surface area contributed by atoms with Crippen molar-refractivity contribution in [1.82, 2.24) is 14.8 Å². The average Bonchev–Trinajstić information content (AvgIpc) is 3.39. The van der Waals surface area contributed by atoms with Crippen LogP contribution in [-0.2, 0) is 11.2 Å². The van der Waals surface area contributed by atoms with Crippen LogP contribution >= 0.6 is 11.8 Å². The van der Waals surface area contributed by atoms with Crippen LogP contribution in [0.5, 0.6) is 0 Å². The van der Waals surface area contributed by atoms with Gasteiger partial charge < -0.3 is 9.80 Å². The predicted molar refractivity (Wildman–Crippen MR) is 125 cm³/mol. The molecule has 0 radical (unpaired) electrons. The molecule has 1 unspecified atom stereocenters. The minimum absolute atomic E-state index is 0.115. The fraction of sp³-hybridized carbons (Fsp3) is 0.375. The molecule has 7 heteroatoms. The number of para-hydroxylation sites is 2. The summed E-state index contributed by atoms with van der Waals surface area (Å²) in [5.74, 6) is 1.33. The predicted octanol–water partition coefficient (Wildman–Crippen LogP) is 4.33. The summed E-state index contributed by atoms with van der Waals surface area (Å²) in [6, 6.07) is 18.6. The summed E-state index contributed by atoms with van der Waals surface area (Å²) in [4.78, 5) is 17.4. The largest absolute Gasteiger partial charge is 0.341 e. The van der Waals surface area contributed by atoms with Crippen molar-refractivity contribution in [3.8, 4) is 5.69 Å². The molecule has 1 saturated heterocycles. The molecule has 0 N–H and O–H groups in total. The minimum Gasteiger partial charge on any atom is -0.341 e. The monoisotopic (exact) mass is 433 g/mol. The number of nitrogens with zero attached hydrogens (tertiary/aromatic N) is 5. The molecular weight excluding hydrogens is 406 g/mol. The number of carbonyl (C=O) groups excluding carboxylic acids is 1. The van der Waals surface area contributed by atoms with Gasteiger partial charge in [-0.2, -0.15) is 0 Å². The Hall–Kier alpha value is -2.80. The van der Waals surface area contributed by atoms with Crippen LogP contribution in [0.1, 0.15) is 31.7 Å². The maximum atomic E-state index is 13.2. The minimum atomic E-state index is 0.115. The number of hydrogen-bond acceptors (Lipinski definition) is 5. The third kappa shape index (κ3) is 3.94. The van der Waals surface area contributed by atoms with Crippen molar-refractivity contribution in [3.05, 3.63) is 60.2 Å². The first-order valence-corrected chi connectivity index (χ1v) is 12.0. The highest BCUT2D eigenvalue weighted by Crippen LogP contribution is 2.33. The van der Waals surface area contributed by atoms with E-state index in [1.54, 1.807) is 0 Å². The standard InChI is InChI=1S/C24H27N5OS/c1-18-16-19-10-6-7-13-21(19)28(18)22(30)17-31-24-26-25-23(27-14-8-3-9-15-27)29(24)20-11-4-2-5-12-20/h2,4-7,10-13,18H,3,8-9,14-17H2,1H3. The van der Waals surface area contributed by atoms with E-state index in [4.69, 9.17) is 0 Å². The molecule has 0 spiro atoms. The molecule has 6 nitrogen and oxygen atoms in total. The third-order valence-electron chi connectivity index (χ3n) is 6.07. The van der Waals surface area contributed by atoms with Crippen molar-refractivity contribution in [3.63, 3.8) is 0 Å². The molecule has 0 saturated carbocycles. The Bertz CT molecular complexity index is 1060. The number of rotatable bonds is 5. The van der Waals surface area contributed by atoms with Gasteiger partial charge >= 0.3 is 0 Å². The lowest BCUT2D eigenvalue weighted by molar-refractivity contribution is -0.116. The summed E-state index contributed by atoms with van der Waals surface area (Å²) >= 11 is 1.47. The van der Waals surface area contributed by atoms with Crippen molar-refractivity contribution >= 4 is 29.3 Å². The number of anilines is 2. The molecule has 2 aliphatic heterocycles. The molecule has 1 amide bonds. The average molecular weight is 434 g/mol. The van der Waals surface area contributed by atoms with Gasteiger partial charge in [0.05, 0.1) is 11.4 Å². The molecule has 0 aliphatic carbocycles. The summed E-state index contributed by atoms with van der Waals surface area (Å²) in [5, 5.41) is 9.79. The van der Waals surface area contributed by atoms with E-state index < -0.39 is 0 Å². The summed E-state index contributed by atoms with van der Waals surface area (Å²) in [6.07, 6.45) is 4.53. The lowest BCUT2D eigenvalue weighted by Crippen LogP contribution is -2.37. The van der Waals surface area contributed by atoms with Crippen LogP contribution in [0.2, 0.25) is 0 Å². The summed E-state index contributed by atoms with van der Waals surface area (Å²) in [5.41, 5.74) is 3.32. The Labute approximate surface area is 187 Å². The Morgan fingerprint density at radius 2 is 1.74 bits per heavy atom. The Morgan fingerprint density at radius 3 is 2.55 bits per heavy atom. The number of amides is 1. The van der Waals surface area contributed by atoms with Crippen molar-refractivity contribution in [1.29, 1.82) is 0 Å². The second kappa shape index (κ2) is 8.75. The van der Waals surface area contributed by atoms with Gasteiger partial charge in [-0.25, -0.2) is 0 Å². The SMILES string of the molecule is CC1Cc2ccccc2N1C(=O)CSc1nnc(N2CCCCC2)n1-c1ccccc1. The quantitative estimate of drug-likeness (QED) is 0.561. The highest BCUT2D eigenvalue weighted by molar-refractivity contribution is 7.99. The Balaban J connectivity index is 1.39. The van der Waals surface area contributed by atoms with Crippen LogP contribution in [0.25, 0.3) is 5.69 Å². The first kappa shape index (κ1) is 20.1. The van der Waals surface area contributed by atoms with E-state index >= 15 is 0 Å². The maximum absolute atomic E-state index is 13.2. The number of aromatic nitrogens is 3. The normalized spacial score (nSPS) is 18.3. The summed E-state index contributed by atoms with van der Waals surface area (Å²) in [7, 11) is 0. The Morgan fingerprint density at radius 1 is 1.00 bits per heavy atom. The van der Waals surface area contributed by atoms with E-state index in [2.05, 4.69) is 44.8 Å². The van der Waals surface area contributed by atoms with E-state index in [9.17, 15) is 4.79 Å². The van der Waals surface area contributed by atoms with Crippen LogP contribution in [-0.4, -0.2) is 45.6 Å². The van der Waals surface area contributed by atoms with Gasteiger partial charge in [-0.15, -0.1) is 10.2 Å². The van der Waals surface area contributed by atoms with Crippen LogP contribution in [0, 0.1) is 0 Å². The van der Waals surface area contributed by atoms with Crippen molar-refractivity contribution < 1.29 is 4.79 Å². The third-order valence-corrected chi connectivity index (χ3v) is 6.98. The number of thioether (sulfide) groups is 1. The van der Waals surface area contributed by atoms with Gasteiger partial charge in [-0.3, -0.25) is 9.36 Å². The smallest absolute Gasteiger partial charge is 0.237 e.